The normalized spacial score (nSPS) is 14.1. The first kappa shape index (κ1) is 12.9. The van der Waals surface area contributed by atoms with E-state index in [1.165, 1.54) is 0 Å². The Morgan fingerprint density at radius 1 is 1.29 bits per heavy atom. The number of hydrogen-bond acceptors (Lipinski definition) is 2. The summed E-state index contributed by atoms with van der Waals surface area (Å²) >= 11 is 0. The van der Waals surface area contributed by atoms with E-state index < -0.39 is 0 Å². The van der Waals surface area contributed by atoms with E-state index in [0.29, 0.717) is 0 Å². The van der Waals surface area contributed by atoms with Gasteiger partial charge >= 0.3 is 0 Å². The third-order valence-corrected chi connectivity index (χ3v) is 1.77. The highest BCUT2D eigenvalue weighted by Crippen LogP contribution is 2.17. The lowest BCUT2D eigenvalue weighted by Gasteiger charge is -2.19. The zero-order valence-electron chi connectivity index (χ0n) is 10.2. The second-order valence-corrected chi connectivity index (χ2v) is 4.59. The molecule has 14 heavy (non-hydrogen) atoms. The number of allylic oxidation sites excluding steroid dienone is 3. The molecule has 0 aromatic rings. The molecule has 0 aliphatic carbocycles. The Kier molecular flexibility index (Phi) is 4.61. The van der Waals surface area contributed by atoms with Crippen molar-refractivity contribution in [1.82, 2.24) is 5.32 Å². The van der Waals surface area contributed by atoms with Crippen molar-refractivity contribution in [2.45, 2.75) is 34.6 Å². The standard InChI is InChI=1S/C12H22N2/c1-9(2)14-10(3)8-11(13-7)12(4,5)6/h8,14H,1H2,2-7H3/b10-8+,13-11?. The van der Waals surface area contributed by atoms with Gasteiger partial charge in [-0.1, -0.05) is 27.4 Å². The average molecular weight is 194 g/mol. The van der Waals surface area contributed by atoms with Gasteiger partial charge in [-0.15, -0.1) is 0 Å². The largest absolute Gasteiger partial charge is 0.363 e. The third kappa shape index (κ3) is 4.85. The number of hydrogen-bond donors (Lipinski definition) is 1. The van der Waals surface area contributed by atoms with Crippen LogP contribution in [0.4, 0.5) is 0 Å². The molecule has 0 rings (SSSR count). The van der Waals surface area contributed by atoms with E-state index in [1.54, 1.807) is 0 Å². The maximum atomic E-state index is 4.28. The molecule has 0 radical (unpaired) electrons. The quantitative estimate of drug-likeness (QED) is 0.686. The maximum Gasteiger partial charge on any atom is 0.0415 e. The van der Waals surface area contributed by atoms with Gasteiger partial charge in [-0.25, -0.2) is 0 Å². The van der Waals surface area contributed by atoms with Crippen LogP contribution in [0.15, 0.2) is 29.0 Å². The Labute approximate surface area is 87.8 Å². The molecule has 0 saturated carbocycles. The molecule has 0 heterocycles. The minimum Gasteiger partial charge on any atom is -0.363 e. The Morgan fingerprint density at radius 3 is 2.07 bits per heavy atom. The summed E-state index contributed by atoms with van der Waals surface area (Å²) in [5.74, 6) is 0. The number of nitrogens with zero attached hydrogens (tertiary/aromatic N) is 1. The minimum absolute atomic E-state index is 0.0900. The molecule has 0 aromatic heterocycles. The van der Waals surface area contributed by atoms with E-state index >= 15 is 0 Å². The van der Waals surface area contributed by atoms with Gasteiger partial charge in [-0.05, 0) is 19.9 Å². The fourth-order valence-corrected chi connectivity index (χ4v) is 1.19. The van der Waals surface area contributed by atoms with Gasteiger partial charge < -0.3 is 5.32 Å². The molecule has 0 aliphatic heterocycles. The fourth-order valence-electron chi connectivity index (χ4n) is 1.19. The number of rotatable bonds is 3. The predicted molar refractivity (Wildman–Crippen MR) is 64.5 cm³/mol. The smallest absolute Gasteiger partial charge is 0.0415 e. The van der Waals surface area contributed by atoms with Gasteiger partial charge in [0.25, 0.3) is 0 Å². The molecule has 0 aliphatic rings. The summed E-state index contributed by atoms with van der Waals surface area (Å²) in [6.07, 6.45) is 2.06. The van der Waals surface area contributed by atoms with Crippen LogP contribution in [0.2, 0.25) is 0 Å². The predicted octanol–water partition coefficient (Wildman–Crippen LogP) is 3.13. The van der Waals surface area contributed by atoms with Gasteiger partial charge in [0, 0.05) is 29.6 Å². The van der Waals surface area contributed by atoms with Crippen LogP contribution < -0.4 is 5.32 Å². The summed E-state index contributed by atoms with van der Waals surface area (Å²) in [5.41, 5.74) is 3.20. The van der Waals surface area contributed by atoms with Gasteiger partial charge in [0.15, 0.2) is 0 Å². The van der Waals surface area contributed by atoms with Gasteiger partial charge in [0.2, 0.25) is 0 Å². The van der Waals surface area contributed by atoms with E-state index in [4.69, 9.17) is 0 Å². The van der Waals surface area contributed by atoms with Crippen LogP contribution >= 0.6 is 0 Å². The van der Waals surface area contributed by atoms with E-state index in [-0.39, 0.29) is 5.41 Å². The van der Waals surface area contributed by atoms with Crippen molar-refractivity contribution in [3.8, 4) is 0 Å². The summed E-state index contributed by atoms with van der Waals surface area (Å²) < 4.78 is 0. The maximum absolute atomic E-state index is 4.28. The highest BCUT2D eigenvalue weighted by molar-refractivity contribution is 5.99. The molecule has 0 bridgehead atoms. The molecule has 2 nitrogen and oxygen atoms in total. The lowest BCUT2D eigenvalue weighted by atomic mass is 9.89. The Balaban J connectivity index is 4.70. The van der Waals surface area contributed by atoms with Crippen molar-refractivity contribution in [2.75, 3.05) is 7.05 Å². The second kappa shape index (κ2) is 4.99. The van der Waals surface area contributed by atoms with Crippen LogP contribution in [0, 0.1) is 5.41 Å². The average Bonchev–Trinajstić information content (AvgIpc) is 1.96. The molecule has 0 aromatic carbocycles. The van der Waals surface area contributed by atoms with Crippen LogP contribution in [0.3, 0.4) is 0 Å². The monoisotopic (exact) mass is 194 g/mol. The van der Waals surface area contributed by atoms with Crippen molar-refractivity contribution in [2.24, 2.45) is 10.4 Å². The Morgan fingerprint density at radius 2 is 1.79 bits per heavy atom. The molecule has 80 valence electrons. The van der Waals surface area contributed by atoms with Gasteiger partial charge in [0.05, 0.1) is 0 Å². The molecule has 0 spiro atoms. The Bertz CT molecular complexity index is 265. The summed E-state index contributed by atoms with van der Waals surface area (Å²) in [5, 5.41) is 3.17. The minimum atomic E-state index is 0.0900. The first-order chi connectivity index (χ1) is 6.27. The van der Waals surface area contributed by atoms with Gasteiger partial charge in [-0.2, -0.15) is 0 Å². The zero-order valence-corrected chi connectivity index (χ0v) is 10.2. The lowest BCUT2D eigenvalue weighted by molar-refractivity contribution is 0.592. The summed E-state index contributed by atoms with van der Waals surface area (Å²) in [7, 11) is 1.82. The first-order valence-electron chi connectivity index (χ1n) is 4.85. The van der Waals surface area contributed by atoms with Crippen molar-refractivity contribution in [3.63, 3.8) is 0 Å². The van der Waals surface area contributed by atoms with Gasteiger partial charge in [0.1, 0.15) is 0 Å². The van der Waals surface area contributed by atoms with Crippen LogP contribution in [0.1, 0.15) is 34.6 Å². The molecule has 0 amide bonds. The molecule has 0 atom stereocenters. The van der Waals surface area contributed by atoms with Crippen molar-refractivity contribution in [3.05, 3.63) is 24.0 Å². The lowest BCUT2D eigenvalue weighted by Crippen LogP contribution is -2.20. The van der Waals surface area contributed by atoms with Gasteiger partial charge in [-0.3, -0.25) is 4.99 Å². The van der Waals surface area contributed by atoms with Crippen molar-refractivity contribution >= 4 is 5.71 Å². The van der Waals surface area contributed by atoms with E-state index in [0.717, 1.165) is 17.1 Å². The highest BCUT2D eigenvalue weighted by Gasteiger charge is 2.15. The molecule has 0 fully saturated rings. The molecule has 0 saturated heterocycles. The fraction of sp³-hybridized carbons (Fsp3) is 0.583. The van der Waals surface area contributed by atoms with Crippen LogP contribution in [-0.2, 0) is 0 Å². The number of aliphatic imine (C=N–C) groups is 1. The third-order valence-electron chi connectivity index (χ3n) is 1.77. The number of nitrogens with one attached hydrogen (secondary N) is 1. The van der Waals surface area contributed by atoms with Crippen molar-refractivity contribution < 1.29 is 0 Å². The second-order valence-electron chi connectivity index (χ2n) is 4.59. The first-order valence-corrected chi connectivity index (χ1v) is 4.85. The van der Waals surface area contributed by atoms with E-state index in [2.05, 4.69) is 43.7 Å². The molecular formula is C12H22N2. The SMILES string of the molecule is C=C(C)N/C(C)=C/C(=NC)C(C)(C)C. The topological polar surface area (TPSA) is 24.4 Å². The molecule has 2 heteroatoms. The van der Waals surface area contributed by atoms with Crippen LogP contribution in [0.5, 0.6) is 0 Å². The molecular weight excluding hydrogens is 172 g/mol. The molecule has 0 unspecified atom stereocenters. The van der Waals surface area contributed by atoms with Crippen LogP contribution in [0.25, 0.3) is 0 Å². The zero-order chi connectivity index (χ0) is 11.4. The summed E-state index contributed by atoms with van der Waals surface area (Å²) in [6, 6.07) is 0. The molecule has 1 N–H and O–H groups in total. The van der Waals surface area contributed by atoms with E-state index in [9.17, 15) is 0 Å². The summed E-state index contributed by atoms with van der Waals surface area (Å²) in [4.78, 5) is 4.28. The van der Waals surface area contributed by atoms with Crippen molar-refractivity contribution in [1.29, 1.82) is 0 Å². The summed E-state index contributed by atoms with van der Waals surface area (Å²) in [6.45, 7) is 14.2. The van der Waals surface area contributed by atoms with Crippen LogP contribution in [-0.4, -0.2) is 12.8 Å². The van der Waals surface area contributed by atoms with E-state index in [1.807, 2.05) is 20.9 Å². The Hall–Kier alpha value is -1.05. The highest BCUT2D eigenvalue weighted by atomic mass is 14.9.